The topological polar surface area (TPSA) is 79.4 Å². The van der Waals surface area contributed by atoms with E-state index in [4.69, 9.17) is 11.6 Å². The second-order valence-electron chi connectivity index (χ2n) is 7.31. The Morgan fingerprint density at radius 1 is 1.00 bits per heavy atom. The van der Waals surface area contributed by atoms with Crippen LogP contribution in [0.15, 0.2) is 58.8 Å². The van der Waals surface area contributed by atoms with Gasteiger partial charge < -0.3 is 0 Å². The van der Waals surface area contributed by atoms with Crippen LogP contribution in [-0.2, 0) is 10.0 Å². The maximum atomic E-state index is 12.9. The number of sulfonamides is 1. The van der Waals surface area contributed by atoms with Crippen molar-refractivity contribution in [2.24, 2.45) is 0 Å². The highest BCUT2D eigenvalue weighted by atomic mass is 35.5. The van der Waals surface area contributed by atoms with Crippen molar-refractivity contribution in [1.29, 1.82) is 0 Å². The smallest absolute Gasteiger partial charge is 0.258 e. The number of benzene rings is 2. The maximum absolute atomic E-state index is 12.9. The number of amides is 1. The molecule has 0 saturated carbocycles. The van der Waals surface area contributed by atoms with E-state index < -0.39 is 10.0 Å². The molecule has 0 bridgehead atoms. The van der Waals surface area contributed by atoms with Crippen LogP contribution in [0.3, 0.4) is 0 Å². The second-order valence-corrected chi connectivity index (χ2v) is 10.5. The summed E-state index contributed by atoms with van der Waals surface area (Å²) in [4.78, 5) is 17.2. The standard InChI is InChI=1S/C22H22ClN3O3S2/c23-19-8-4-3-7-18(19)21(27)25-22-24-20(15-30-22)16-9-11-17(12-10-16)31(28,29)26-13-5-1-2-6-14-26/h3-4,7-12,15H,1-2,5-6,13-14H2,(H,24,25,27). The van der Waals surface area contributed by atoms with Crippen LogP contribution in [0.25, 0.3) is 11.3 Å². The highest BCUT2D eigenvalue weighted by molar-refractivity contribution is 7.89. The van der Waals surface area contributed by atoms with Crippen LogP contribution in [0.5, 0.6) is 0 Å². The third kappa shape index (κ3) is 4.98. The van der Waals surface area contributed by atoms with E-state index in [-0.39, 0.29) is 5.91 Å². The molecule has 1 aliphatic heterocycles. The molecule has 1 N–H and O–H groups in total. The lowest BCUT2D eigenvalue weighted by atomic mass is 10.2. The number of nitrogens with one attached hydrogen (secondary N) is 1. The monoisotopic (exact) mass is 475 g/mol. The first-order valence-electron chi connectivity index (χ1n) is 10.1. The van der Waals surface area contributed by atoms with Crippen LogP contribution in [0, 0.1) is 0 Å². The van der Waals surface area contributed by atoms with Crippen LogP contribution in [0.2, 0.25) is 5.02 Å². The van der Waals surface area contributed by atoms with Gasteiger partial charge in [-0.05, 0) is 37.1 Å². The minimum atomic E-state index is -3.48. The number of hydrogen-bond donors (Lipinski definition) is 1. The maximum Gasteiger partial charge on any atom is 0.258 e. The molecule has 0 spiro atoms. The van der Waals surface area contributed by atoms with Gasteiger partial charge in [-0.3, -0.25) is 10.1 Å². The fourth-order valence-corrected chi connectivity index (χ4v) is 5.96. The summed E-state index contributed by atoms with van der Waals surface area (Å²) in [6.07, 6.45) is 3.95. The molecule has 0 unspecified atom stereocenters. The van der Waals surface area contributed by atoms with E-state index in [2.05, 4.69) is 10.3 Å². The van der Waals surface area contributed by atoms with Crippen LogP contribution in [0.1, 0.15) is 36.0 Å². The summed E-state index contributed by atoms with van der Waals surface area (Å²) in [7, 11) is -3.48. The van der Waals surface area contributed by atoms with Gasteiger partial charge in [0.1, 0.15) is 0 Å². The Morgan fingerprint density at radius 2 is 1.68 bits per heavy atom. The molecule has 9 heteroatoms. The summed E-state index contributed by atoms with van der Waals surface area (Å²) >= 11 is 7.37. The zero-order valence-corrected chi connectivity index (χ0v) is 19.1. The lowest BCUT2D eigenvalue weighted by Gasteiger charge is -2.19. The fourth-order valence-electron chi connectivity index (χ4n) is 3.50. The van der Waals surface area contributed by atoms with Gasteiger partial charge in [-0.2, -0.15) is 4.31 Å². The van der Waals surface area contributed by atoms with Gasteiger partial charge in [0.05, 0.1) is 21.2 Å². The third-order valence-electron chi connectivity index (χ3n) is 5.20. The molecular weight excluding hydrogens is 454 g/mol. The Balaban J connectivity index is 1.48. The Labute approximate surface area is 190 Å². The van der Waals surface area contributed by atoms with Crippen molar-refractivity contribution in [3.8, 4) is 11.3 Å². The minimum Gasteiger partial charge on any atom is -0.298 e. The van der Waals surface area contributed by atoms with Crippen LogP contribution >= 0.6 is 22.9 Å². The quantitative estimate of drug-likeness (QED) is 0.544. The molecule has 6 nitrogen and oxygen atoms in total. The molecule has 4 rings (SSSR count). The number of anilines is 1. The predicted molar refractivity (Wildman–Crippen MR) is 124 cm³/mol. The lowest BCUT2D eigenvalue weighted by Crippen LogP contribution is -2.31. The van der Waals surface area contributed by atoms with Gasteiger partial charge in [0, 0.05) is 24.0 Å². The zero-order valence-electron chi connectivity index (χ0n) is 16.8. The summed E-state index contributed by atoms with van der Waals surface area (Å²) in [6, 6.07) is 13.6. The van der Waals surface area contributed by atoms with Crippen LogP contribution < -0.4 is 5.32 Å². The van der Waals surface area contributed by atoms with Crippen molar-refractivity contribution in [2.75, 3.05) is 18.4 Å². The van der Waals surface area contributed by atoms with Crippen LogP contribution in [0.4, 0.5) is 5.13 Å². The van der Waals surface area contributed by atoms with Gasteiger partial charge in [0.15, 0.2) is 5.13 Å². The highest BCUT2D eigenvalue weighted by Crippen LogP contribution is 2.28. The molecule has 0 aliphatic carbocycles. The number of carbonyl (C=O) groups is 1. The first kappa shape index (κ1) is 22.0. The summed E-state index contributed by atoms with van der Waals surface area (Å²) in [5.41, 5.74) is 1.83. The molecule has 2 aromatic carbocycles. The molecule has 0 atom stereocenters. The number of rotatable bonds is 5. The summed E-state index contributed by atoms with van der Waals surface area (Å²) in [5, 5.41) is 5.39. The van der Waals surface area contributed by atoms with E-state index in [1.54, 1.807) is 52.8 Å². The highest BCUT2D eigenvalue weighted by Gasteiger charge is 2.25. The predicted octanol–water partition coefficient (Wildman–Crippen LogP) is 5.28. The van der Waals surface area contributed by atoms with Crippen LogP contribution in [-0.4, -0.2) is 36.7 Å². The van der Waals surface area contributed by atoms with E-state index in [0.29, 0.717) is 39.4 Å². The number of carbonyl (C=O) groups excluding carboxylic acids is 1. The number of aromatic nitrogens is 1. The van der Waals surface area contributed by atoms with Crippen molar-refractivity contribution >= 4 is 44.0 Å². The molecule has 1 aliphatic rings. The second kappa shape index (κ2) is 9.48. The molecule has 1 fully saturated rings. The normalized spacial score (nSPS) is 15.4. The minimum absolute atomic E-state index is 0.292. The van der Waals surface area contributed by atoms with Gasteiger partial charge in [-0.25, -0.2) is 13.4 Å². The Bertz CT molecular complexity index is 1170. The first-order chi connectivity index (χ1) is 14.9. The van der Waals surface area contributed by atoms with Crippen molar-refractivity contribution in [3.63, 3.8) is 0 Å². The van der Waals surface area contributed by atoms with Gasteiger partial charge >= 0.3 is 0 Å². The Kier molecular flexibility index (Phi) is 6.71. The fraction of sp³-hybridized carbons (Fsp3) is 0.273. The van der Waals surface area contributed by atoms with Crippen molar-refractivity contribution < 1.29 is 13.2 Å². The molecule has 1 aromatic heterocycles. The van der Waals surface area contributed by atoms with Gasteiger partial charge in [0.25, 0.3) is 5.91 Å². The first-order valence-corrected chi connectivity index (χ1v) is 12.8. The molecule has 3 aromatic rings. The average molecular weight is 476 g/mol. The van der Waals surface area contributed by atoms with Gasteiger partial charge in [-0.15, -0.1) is 11.3 Å². The molecule has 2 heterocycles. The van der Waals surface area contributed by atoms with E-state index in [9.17, 15) is 13.2 Å². The van der Waals surface area contributed by atoms with Crippen molar-refractivity contribution in [2.45, 2.75) is 30.6 Å². The van der Waals surface area contributed by atoms with Crippen molar-refractivity contribution in [1.82, 2.24) is 9.29 Å². The number of nitrogens with zero attached hydrogens (tertiary/aromatic N) is 2. The van der Waals surface area contributed by atoms with Gasteiger partial charge in [-0.1, -0.05) is 48.7 Å². The Morgan fingerprint density at radius 3 is 2.35 bits per heavy atom. The molecular formula is C22H22ClN3O3S2. The third-order valence-corrected chi connectivity index (χ3v) is 8.20. The molecule has 1 saturated heterocycles. The number of thiazole rings is 1. The molecule has 162 valence electrons. The van der Waals surface area contributed by atoms with E-state index in [0.717, 1.165) is 31.2 Å². The van der Waals surface area contributed by atoms with E-state index in [1.165, 1.54) is 11.3 Å². The largest absolute Gasteiger partial charge is 0.298 e. The van der Waals surface area contributed by atoms with E-state index in [1.807, 2.05) is 5.38 Å². The lowest BCUT2D eigenvalue weighted by molar-refractivity contribution is 0.102. The zero-order chi connectivity index (χ0) is 21.8. The number of halogens is 1. The SMILES string of the molecule is O=C(Nc1nc(-c2ccc(S(=O)(=O)N3CCCCCC3)cc2)cs1)c1ccccc1Cl. The Hall–Kier alpha value is -2.26. The molecule has 0 radical (unpaired) electrons. The summed E-state index contributed by atoms with van der Waals surface area (Å²) in [5.74, 6) is -0.328. The molecule has 1 amide bonds. The average Bonchev–Trinajstić information content (AvgIpc) is 3.05. The summed E-state index contributed by atoms with van der Waals surface area (Å²) < 4.78 is 27.4. The number of hydrogen-bond acceptors (Lipinski definition) is 5. The van der Waals surface area contributed by atoms with E-state index >= 15 is 0 Å². The molecule has 31 heavy (non-hydrogen) atoms. The summed E-state index contributed by atoms with van der Waals surface area (Å²) in [6.45, 7) is 1.15. The van der Waals surface area contributed by atoms with Gasteiger partial charge in [0.2, 0.25) is 10.0 Å². The van der Waals surface area contributed by atoms with Crippen molar-refractivity contribution in [3.05, 3.63) is 64.5 Å².